The topological polar surface area (TPSA) is 36.1 Å². The Morgan fingerprint density at radius 3 is 2.91 bits per heavy atom. The summed E-state index contributed by atoms with van der Waals surface area (Å²) in [7, 11) is 0. The first-order valence-corrected chi connectivity index (χ1v) is 8.40. The van der Waals surface area contributed by atoms with E-state index in [0.29, 0.717) is 5.92 Å². The molecule has 1 unspecified atom stereocenters. The molecule has 0 radical (unpaired) electrons. The van der Waals surface area contributed by atoms with Crippen molar-refractivity contribution in [3.8, 4) is 6.07 Å². The van der Waals surface area contributed by atoms with Crippen molar-refractivity contribution in [2.24, 2.45) is 10.9 Å². The van der Waals surface area contributed by atoms with E-state index in [2.05, 4.69) is 30.1 Å². The molecule has 0 aliphatic heterocycles. The first kappa shape index (κ1) is 14.7. The number of aliphatic imine (C=N–C) groups is 1. The van der Waals surface area contributed by atoms with Crippen LogP contribution in [0.1, 0.15) is 34.9 Å². The van der Waals surface area contributed by atoms with Gasteiger partial charge in [-0.3, -0.25) is 0 Å². The van der Waals surface area contributed by atoms with Gasteiger partial charge in [-0.2, -0.15) is 5.26 Å². The minimum atomic E-state index is 0.715. The molecular weight excluding hydrogens is 288 g/mol. The maximum Gasteiger partial charge on any atom is 0.134 e. The Hall–Kier alpha value is -2.18. The van der Waals surface area contributed by atoms with Crippen LogP contribution in [-0.4, -0.2) is 6.21 Å². The van der Waals surface area contributed by atoms with E-state index in [1.807, 2.05) is 30.4 Å². The van der Waals surface area contributed by atoms with Crippen LogP contribution in [0.2, 0.25) is 0 Å². The molecule has 110 valence electrons. The SMILES string of the molecule is CC1CCc2c(sc(N=CC=Cc3ccccc3)c2C#N)C1. The molecule has 0 saturated heterocycles. The lowest BCUT2D eigenvalue weighted by Crippen LogP contribution is -2.09. The van der Waals surface area contributed by atoms with Gasteiger partial charge in [-0.05, 0) is 42.4 Å². The Labute approximate surface area is 135 Å². The van der Waals surface area contributed by atoms with Gasteiger partial charge in [0.25, 0.3) is 0 Å². The lowest BCUT2D eigenvalue weighted by atomic mass is 9.89. The van der Waals surface area contributed by atoms with Gasteiger partial charge in [-0.15, -0.1) is 11.3 Å². The van der Waals surface area contributed by atoms with Gasteiger partial charge in [-0.25, -0.2) is 4.99 Å². The molecule has 1 aromatic heterocycles. The molecule has 3 heteroatoms. The molecule has 2 nitrogen and oxygen atoms in total. The second kappa shape index (κ2) is 6.72. The Morgan fingerprint density at radius 2 is 2.14 bits per heavy atom. The third kappa shape index (κ3) is 3.18. The van der Waals surface area contributed by atoms with Crippen LogP contribution >= 0.6 is 11.3 Å². The monoisotopic (exact) mass is 306 g/mol. The summed E-state index contributed by atoms with van der Waals surface area (Å²) >= 11 is 1.68. The molecule has 3 rings (SSSR count). The highest BCUT2D eigenvalue weighted by molar-refractivity contribution is 7.16. The zero-order valence-corrected chi connectivity index (χ0v) is 13.4. The Kier molecular flexibility index (Phi) is 4.50. The summed E-state index contributed by atoms with van der Waals surface area (Å²) in [6.07, 6.45) is 9.02. The Morgan fingerprint density at radius 1 is 1.32 bits per heavy atom. The van der Waals surface area contributed by atoms with Crippen molar-refractivity contribution in [1.29, 1.82) is 5.26 Å². The van der Waals surface area contributed by atoms with Crippen molar-refractivity contribution in [2.75, 3.05) is 0 Å². The average molecular weight is 306 g/mol. The van der Waals surface area contributed by atoms with Gasteiger partial charge >= 0.3 is 0 Å². The van der Waals surface area contributed by atoms with E-state index in [4.69, 9.17) is 0 Å². The highest BCUT2D eigenvalue weighted by Crippen LogP contribution is 2.40. The van der Waals surface area contributed by atoms with E-state index in [0.717, 1.165) is 29.0 Å². The van der Waals surface area contributed by atoms with E-state index in [1.165, 1.54) is 16.9 Å². The molecule has 22 heavy (non-hydrogen) atoms. The molecule has 0 fully saturated rings. The fourth-order valence-electron chi connectivity index (χ4n) is 2.77. The van der Waals surface area contributed by atoms with Crippen molar-refractivity contribution in [2.45, 2.75) is 26.2 Å². The third-order valence-electron chi connectivity index (χ3n) is 3.97. The molecule has 2 aromatic rings. The predicted octanol–water partition coefficient (Wildman–Crippen LogP) is 5.16. The fraction of sp³-hybridized carbons (Fsp3) is 0.263. The number of nitriles is 1. The lowest BCUT2D eigenvalue weighted by molar-refractivity contribution is 0.507. The zero-order valence-electron chi connectivity index (χ0n) is 12.6. The van der Waals surface area contributed by atoms with Crippen LogP contribution in [0.4, 0.5) is 5.00 Å². The van der Waals surface area contributed by atoms with Crippen molar-refractivity contribution in [3.63, 3.8) is 0 Å². The molecular formula is C19H18N2S. The molecule has 1 heterocycles. The number of fused-ring (bicyclic) bond motifs is 1. The smallest absolute Gasteiger partial charge is 0.134 e. The zero-order chi connectivity index (χ0) is 15.4. The molecule has 0 N–H and O–H groups in total. The fourth-order valence-corrected chi connectivity index (χ4v) is 4.08. The molecule has 0 saturated carbocycles. The van der Waals surface area contributed by atoms with Gasteiger partial charge in [0.15, 0.2) is 0 Å². The van der Waals surface area contributed by atoms with Crippen molar-refractivity contribution in [3.05, 3.63) is 58.0 Å². The van der Waals surface area contributed by atoms with Crippen molar-refractivity contribution in [1.82, 2.24) is 0 Å². The van der Waals surface area contributed by atoms with E-state index >= 15 is 0 Å². The largest absolute Gasteiger partial charge is 0.245 e. The highest BCUT2D eigenvalue weighted by Gasteiger charge is 2.23. The number of thiophene rings is 1. The van der Waals surface area contributed by atoms with Gasteiger partial charge in [0.2, 0.25) is 0 Å². The van der Waals surface area contributed by atoms with Gasteiger partial charge in [-0.1, -0.05) is 43.3 Å². The minimum absolute atomic E-state index is 0.715. The maximum atomic E-state index is 9.43. The number of hydrogen-bond donors (Lipinski definition) is 0. The maximum absolute atomic E-state index is 9.43. The lowest BCUT2D eigenvalue weighted by Gasteiger charge is -2.17. The predicted molar refractivity (Wildman–Crippen MR) is 93.9 cm³/mol. The summed E-state index contributed by atoms with van der Waals surface area (Å²) in [6.45, 7) is 2.28. The molecule has 1 aromatic carbocycles. The van der Waals surface area contributed by atoms with Crippen LogP contribution < -0.4 is 0 Å². The van der Waals surface area contributed by atoms with Gasteiger partial charge in [0.05, 0.1) is 5.56 Å². The van der Waals surface area contributed by atoms with E-state index in [1.54, 1.807) is 17.6 Å². The number of allylic oxidation sites excluding steroid dienone is 1. The van der Waals surface area contributed by atoms with E-state index < -0.39 is 0 Å². The third-order valence-corrected chi connectivity index (χ3v) is 5.13. The first-order chi connectivity index (χ1) is 10.8. The van der Waals surface area contributed by atoms with Crippen LogP contribution in [0.15, 0.2) is 41.4 Å². The van der Waals surface area contributed by atoms with Gasteiger partial charge in [0.1, 0.15) is 11.1 Å². The number of nitrogens with zero attached hydrogens (tertiary/aromatic N) is 2. The summed E-state index contributed by atoms with van der Waals surface area (Å²) in [4.78, 5) is 5.86. The number of benzene rings is 1. The number of rotatable bonds is 3. The standard InChI is InChI=1S/C19H18N2S/c1-14-9-10-16-17(13-20)19(22-18(16)12-14)21-11-5-8-15-6-3-2-4-7-15/h2-8,11,14H,9-10,12H2,1H3. The van der Waals surface area contributed by atoms with Crippen LogP contribution in [0, 0.1) is 17.2 Å². The quantitative estimate of drug-likeness (QED) is 0.721. The molecule has 1 atom stereocenters. The normalized spacial score (nSPS) is 17.7. The van der Waals surface area contributed by atoms with Crippen molar-refractivity contribution >= 4 is 28.6 Å². The van der Waals surface area contributed by atoms with Crippen LogP contribution in [0.3, 0.4) is 0 Å². The average Bonchev–Trinajstić information content (AvgIpc) is 2.89. The van der Waals surface area contributed by atoms with E-state index in [9.17, 15) is 5.26 Å². The Bertz CT molecular complexity index is 748. The highest BCUT2D eigenvalue weighted by atomic mass is 32.1. The second-order valence-corrected chi connectivity index (χ2v) is 6.78. The molecule has 0 spiro atoms. The summed E-state index contributed by atoms with van der Waals surface area (Å²) in [6, 6.07) is 12.5. The van der Waals surface area contributed by atoms with Crippen LogP contribution in [-0.2, 0) is 12.8 Å². The summed E-state index contributed by atoms with van der Waals surface area (Å²) < 4.78 is 0. The summed E-state index contributed by atoms with van der Waals surface area (Å²) in [5.74, 6) is 0.715. The second-order valence-electron chi connectivity index (χ2n) is 5.69. The van der Waals surface area contributed by atoms with Crippen molar-refractivity contribution < 1.29 is 0 Å². The molecule has 0 bridgehead atoms. The molecule has 1 aliphatic carbocycles. The van der Waals surface area contributed by atoms with Gasteiger partial charge in [0, 0.05) is 11.1 Å². The summed E-state index contributed by atoms with van der Waals surface area (Å²) in [5, 5.41) is 10.3. The number of hydrogen-bond acceptors (Lipinski definition) is 3. The van der Waals surface area contributed by atoms with Crippen LogP contribution in [0.25, 0.3) is 6.08 Å². The molecule has 0 amide bonds. The summed E-state index contributed by atoms with van der Waals surface area (Å²) in [5.41, 5.74) is 3.18. The Balaban J connectivity index is 1.79. The minimum Gasteiger partial charge on any atom is -0.245 e. The first-order valence-electron chi connectivity index (χ1n) is 7.58. The van der Waals surface area contributed by atoms with Crippen LogP contribution in [0.5, 0.6) is 0 Å². The molecule has 1 aliphatic rings. The van der Waals surface area contributed by atoms with E-state index in [-0.39, 0.29) is 0 Å². The van der Waals surface area contributed by atoms with Gasteiger partial charge < -0.3 is 0 Å².